The van der Waals surface area contributed by atoms with Crippen LogP contribution >= 0.6 is 0 Å². The van der Waals surface area contributed by atoms with Gasteiger partial charge in [0.2, 0.25) is 0 Å². The number of amides is 2. The number of rotatable bonds is 5. The summed E-state index contributed by atoms with van der Waals surface area (Å²) < 4.78 is 26.2. The van der Waals surface area contributed by atoms with Crippen molar-refractivity contribution in [3.05, 3.63) is 105 Å². The molecule has 0 aromatic heterocycles. The minimum Gasteiger partial charge on any atom is -0.445 e. The minimum absolute atomic E-state index is 0. The lowest BCUT2D eigenvalue weighted by Gasteiger charge is -2.54. The molecule has 2 N–H and O–H groups in total. The average Bonchev–Trinajstić information content (AvgIpc) is 1.58. The fourth-order valence-electron chi connectivity index (χ4n) is 22.3. The molecule has 8 aliphatic carbocycles. The van der Waals surface area contributed by atoms with E-state index in [2.05, 4.69) is 65.4 Å². The number of fused-ring (bicyclic) bond motifs is 12. The number of hydrogen-bond acceptors (Lipinski definition) is 8. The maximum absolute atomic E-state index is 13.5. The number of nitrogens with zero attached hydrogens (tertiary/aromatic N) is 5. The molecule has 10 fully saturated rings. The Balaban J connectivity index is 0.000000175. The molecular formula is C74H110N6O6. The van der Waals surface area contributed by atoms with Crippen molar-refractivity contribution in [2.24, 2.45) is 92.7 Å². The zero-order valence-electron chi connectivity index (χ0n) is 52.4. The normalized spacial score (nSPS) is 43.5. The summed E-state index contributed by atoms with van der Waals surface area (Å²) in [5.41, 5.74) is 24.7. The zero-order valence-corrected chi connectivity index (χ0v) is 52.4. The largest absolute Gasteiger partial charge is 0.445 e. The van der Waals surface area contributed by atoms with E-state index in [4.69, 9.17) is 30.2 Å². The van der Waals surface area contributed by atoms with Gasteiger partial charge in [-0.3, -0.25) is 0 Å². The Bertz CT molecular complexity index is 2870. The number of carbonyl (C=O) groups is 2. The van der Waals surface area contributed by atoms with Crippen LogP contribution in [0, 0.1) is 81.8 Å². The van der Waals surface area contributed by atoms with Crippen molar-refractivity contribution in [2.75, 3.05) is 13.1 Å². The Morgan fingerprint density at radius 3 is 1.51 bits per heavy atom. The molecule has 4 aliphatic heterocycles. The van der Waals surface area contributed by atoms with E-state index in [-0.39, 0.29) is 74.5 Å². The first-order chi connectivity index (χ1) is 40.4. The van der Waals surface area contributed by atoms with Crippen molar-refractivity contribution in [2.45, 2.75) is 259 Å². The highest BCUT2D eigenvalue weighted by atomic mass is 16.6. The molecule has 4 saturated heterocycles. The van der Waals surface area contributed by atoms with Crippen molar-refractivity contribution in [1.82, 2.24) is 9.80 Å². The summed E-state index contributed by atoms with van der Waals surface area (Å²) >= 11 is 0. The Labute approximate surface area is 517 Å². The molecule has 12 aliphatic rings. The highest BCUT2D eigenvalue weighted by molar-refractivity contribution is 5.69. The number of ether oxygens (including phenoxy) is 4. The van der Waals surface area contributed by atoms with E-state index in [1.807, 2.05) is 70.5 Å². The number of allylic oxidation sites excluding steroid dienone is 2. The molecule has 12 heteroatoms. The van der Waals surface area contributed by atoms with E-state index in [0.29, 0.717) is 59.7 Å². The van der Waals surface area contributed by atoms with Gasteiger partial charge >= 0.3 is 12.2 Å². The Hall–Kier alpha value is -4.35. The minimum atomic E-state index is -0.206. The predicted molar refractivity (Wildman–Crippen MR) is 342 cm³/mol. The van der Waals surface area contributed by atoms with Crippen molar-refractivity contribution in [1.29, 1.82) is 0 Å². The van der Waals surface area contributed by atoms with E-state index in [1.54, 1.807) is 22.3 Å². The summed E-state index contributed by atoms with van der Waals surface area (Å²) in [6.45, 7) is 21.4. The summed E-state index contributed by atoms with van der Waals surface area (Å²) in [6.07, 6.45) is 23.5. The third kappa shape index (κ3) is 11.1. The van der Waals surface area contributed by atoms with Gasteiger partial charge in [-0.15, -0.1) is 0 Å². The monoisotopic (exact) mass is 1180 g/mol. The van der Waals surface area contributed by atoms with E-state index in [0.717, 1.165) is 111 Å². The molecule has 0 radical (unpaired) electrons. The van der Waals surface area contributed by atoms with Gasteiger partial charge in [-0.2, -0.15) is 0 Å². The number of benzene rings is 2. The van der Waals surface area contributed by atoms with Gasteiger partial charge in [0.1, 0.15) is 13.2 Å². The second-order valence-electron chi connectivity index (χ2n) is 31.0. The van der Waals surface area contributed by atoms with Crippen LogP contribution in [0.5, 0.6) is 0 Å². The molecule has 2 spiro atoms. The number of likely N-dealkylation sites (tertiary alicyclic amines) is 2. The lowest BCUT2D eigenvalue weighted by molar-refractivity contribution is -0.0803. The van der Waals surface area contributed by atoms with Crippen LogP contribution in [0.25, 0.3) is 10.4 Å². The molecule has 2 amide bonds. The third-order valence-corrected chi connectivity index (χ3v) is 26.6. The number of nitrogens with two attached hydrogens (primary N) is 1. The summed E-state index contributed by atoms with van der Waals surface area (Å²) in [6, 6.07) is 20.8. The quantitative estimate of drug-likeness (QED) is 0.135. The molecule has 14 rings (SSSR count). The van der Waals surface area contributed by atoms with Gasteiger partial charge in [0.25, 0.3) is 0 Å². The van der Waals surface area contributed by atoms with Crippen LogP contribution in [0.3, 0.4) is 0 Å². The number of piperidine rings is 2. The SMILES string of the molecule is C.C.CC1=C2C[C@H]3[C@@H](CC[C@@H]4C[C@H](N)CC[C@@]43C)[C@@H]2CC[C@@]2(C1)O[C@@H]1C[C@H](C)CN(C(=O)OCc3ccccc3)[C@H]1[C@H]2C.CC1=C2C[C@H]3[C@@H](CC[C@@H]4C[C@H](N=[N+]=[N-])CC[C@@]43C)[C@@H]2CC[C@@]2(C1)O[C@@H]1C[C@H](C)CN(C(=O)OCc3ccccc3)[C@H]1[C@H]2C. The van der Waals surface area contributed by atoms with Crippen LogP contribution in [-0.2, 0) is 32.2 Å². The van der Waals surface area contributed by atoms with E-state index >= 15 is 0 Å². The van der Waals surface area contributed by atoms with Crippen LogP contribution in [0.4, 0.5) is 9.59 Å². The van der Waals surface area contributed by atoms with Crippen molar-refractivity contribution in [3.8, 4) is 0 Å². The van der Waals surface area contributed by atoms with Crippen LogP contribution in [-0.4, -0.2) is 82.7 Å². The van der Waals surface area contributed by atoms with Crippen LogP contribution in [0.15, 0.2) is 88.1 Å². The zero-order chi connectivity index (χ0) is 58.5. The van der Waals surface area contributed by atoms with Gasteiger partial charge in [-0.1, -0.05) is 144 Å². The van der Waals surface area contributed by atoms with E-state index in [9.17, 15) is 9.59 Å². The maximum atomic E-state index is 13.5. The first-order valence-electron chi connectivity index (χ1n) is 33.9. The van der Waals surface area contributed by atoms with Crippen LogP contribution in [0.2, 0.25) is 0 Å². The molecule has 2 aromatic carbocycles. The highest BCUT2D eigenvalue weighted by Crippen LogP contribution is 2.68. The van der Waals surface area contributed by atoms with Crippen molar-refractivity contribution < 1.29 is 28.5 Å². The molecule has 2 aromatic rings. The second-order valence-corrected chi connectivity index (χ2v) is 31.0. The van der Waals surface area contributed by atoms with Gasteiger partial charge in [-0.25, -0.2) is 9.59 Å². The summed E-state index contributed by atoms with van der Waals surface area (Å²) in [7, 11) is 0. The van der Waals surface area contributed by atoms with Crippen LogP contribution in [0.1, 0.15) is 210 Å². The molecule has 0 unspecified atom stereocenters. The lowest BCUT2D eigenvalue weighted by Crippen LogP contribution is -2.54. The van der Waals surface area contributed by atoms with Gasteiger partial charge in [0, 0.05) is 41.9 Å². The number of azide groups is 1. The molecular weight excluding hydrogens is 1070 g/mol. The standard InChI is InChI=1S/C36H50N4O3.C36H52N2O3.2CH4/c1-22-16-32-33(40(20-22)34(41)42-21-25-8-6-5-7-9-25)24(3)36(43-32)15-13-28-29-11-10-26-17-27(38-39-37)12-14-35(26,4)31(29)18-30(28)23(2)19-36;1-22-16-32-33(38(20-22)34(39)40-21-25-8-6-5-7-9-25)24(3)36(41-32)15-13-28-29-11-10-26-17-27(37)12-14-35(26,4)31(29)18-30(28)23(2)19-36;;/h5-9,22,24,26-29,31-33H,10-21H2,1-4H3;5-9,22,24,26-29,31-33H,10-21,37H2,1-4H3;2*1H4/t2*22-,24+,26+,27+,28-,29-,31-,32+,33-,35-,36-;;/m00../s1. The van der Waals surface area contributed by atoms with E-state index < -0.39 is 0 Å². The fraction of sp³-hybridized carbons (Fsp3) is 0.757. The first kappa shape index (κ1) is 63.2. The Kier molecular flexibility index (Phi) is 18.2. The molecule has 4 heterocycles. The Morgan fingerprint density at radius 2 is 1.06 bits per heavy atom. The second kappa shape index (κ2) is 24.8. The van der Waals surface area contributed by atoms with Gasteiger partial charge < -0.3 is 34.5 Å². The molecule has 472 valence electrons. The Morgan fingerprint density at radius 1 is 0.616 bits per heavy atom. The predicted octanol–water partition coefficient (Wildman–Crippen LogP) is 17.6. The van der Waals surface area contributed by atoms with Crippen molar-refractivity contribution >= 4 is 12.2 Å². The molecule has 0 bridgehead atoms. The first-order valence-corrected chi connectivity index (χ1v) is 33.9. The van der Waals surface area contributed by atoms with E-state index in [1.165, 1.54) is 77.0 Å². The molecule has 22 atom stereocenters. The third-order valence-electron chi connectivity index (χ3n) is 26.6. The summed E-state index contributed by atoms with van der Waals surface area (Å²) in [5.74, 6) is 7.43. The van der Waals surface area contributed by atoms with Gasteiger partial charge in [0.15, 0.2) is 0 Å². The van der Waals surface area contributed by atoms with Gasteiger partial charge in [0.05, 0.1) is 35.5 Å². The maximum Gasteiger partial charge on any atom is 0.410 e. The summed E-state index contributed by atoms with van der Waals surface area (Å²) in [4.78, 5) is 34.3. The number of hydrogen-bond donors (Lipinski definition) is 1. The molecule has 86 heavy (non-hydrogen) atoms. The smallest absolute Gasteiger partial charge is 0.410 e. The average molecular weight is 1180 g/mol. The van der Waals surface area contributed by atoms with Gasteiger partial charge in [-0.05, 0) is 229 Å². The van der Waals surface area contributed by atoms with Crippen LogP contribution < -0.4 is 5.73 Å². The fourth-order valence-corrected chi connectivity index (χ4v) is 22.3. The van der Waals surface area contributed by atoms with Crippen molar-refractivity contribution in [3.63, 3.8) is 0 Å². The lowest BCUT2D eigenvalue weighted by atomic mass is 9.52. The molecule has 6 saturated carbocycles. The topological polar surface area (TPSA) is 152 Å². The number of carbonyl (C=O) groups excluding carboxylic acids is 2. The highest BCUT2D eigenvalue weighted by Gasteiger charge is 2.63. The summed E-state index contributed by atoms with van der Waals surface area (Å²) in [5, 5.41) is 4.14. The molecule has 12 nitrogen and oxygen atoms in total.